The maximum Gasteiger partial charge on any atom is 0.274 e. The molecule has 2 N–H and O–H groups in total. The minimum Gasteiger partial charge on any atom is -0.263 e. The molecule has 0 unspecified atom stereocenters. The van der Waals surface area contributed by atoms with Gasteiger partial charge in [-0.15, -0.1) is 0 Å². The molecular formula is C12H17ClN6O2. The van der Waals surface area contributed by atoms with Gasteiger partial charge in [0.05, 0.1) is 6.54 Å². The van der Waals surface area contributed by atoms with Crippen LogP contribution in [-0.2, 0) is 6.54 Å². The second-order valence-electron chi connectivity index (χ2n) is 4.20. The predicted octanol–water partition coefficient (Wildman–Crippen LogP) is 2.43. The van der Waals surface area contributed by atoms with Crippen molar-refractivity contribution in [3.63, 3.8) is 0 Å². The number of unbranched alkanes of at least 4 members (excludes halogenated alkanes) is 2. The van der Waals surface area contributed by atoms with Gasteiger partial charge in [-0.05, 0) is 24.5 Å². The standard InChI is InChI=1S/C12H17ClN6O2/c1-2-3-4-7-16-18(12(14)17-19(20)21)9-10-5-6-11(13)15-8-10/h5-8H,2-4,9H2,1H3,(H2,14,17)/b16-7+. The summed E-state index contributed by atoms with van der Waals surface area (Å²) >= 11 is 5.70. The van der Waals surface area contributed by atoms with Gasteiger partial charge < -0.3 is 0 Å². The van der Waals surface area contributed by atoms with Crippen molar-refractivity contribution in [1.82, 2.24) is 15.4 Å². The molecule has 1 aromatic heterocycles. The number of pyridine rings is 1. The fraction of sp³-hybridized carbons (Fsp3) is 0.417. The molecule has 0 bridgehead atoms. The molecule has 1 heterocycles. The van der Waals surface area contributed by atoms with Crippen molar-refractivity contribution < 1.29 is 5.03 Å². The Hall–Kier alpha value is -2.22. The summed E-state index contributed by atoms with van der Waals surface area (Å²) in [5.41, 5.74) is 2.52. The third-order valence-electron chi connectivity index (χ3n) is 2.48. The van der Waals surface area contributed by atoms with Crippen LogP contribution in [0.1, 0.15) is 31.7 Å². The lowest BCUT2D eigenvalue weighted by molar-refractivity contribution is -0.526. The lowest BCUT2D eigenvalue weighted by atomic mass is 10.3. The van der Waals surface area contributed by atoms with Gasteiger partial charge in [0.1, 0.15) is 5.15 Å². The minimum atomic E-state index is -0.795. The molecule has 0 amide bonds. The van der Waals surface area contributed by atoms with Crippen LogP contribution in [0.15, 0.2) is 23.4 Å². The van der Waals surface area contributed by atoms with Crippen LogP contribution in [0.4, 0.5) is 0 Å². The SMILES string of the molecule is CCCC/C=N/N(Cc1ccc(Cl)nc1)C(=N)N[N+](=O)[O-]. The fourth-order valence-electron chi connectivity index (χ4n) is 1.45. The zero-order valence-electron chi connectivity index (χ0n) is 11.6. The van der Waals surface area contributed by atoms with Crippen molar-refractivity contribution in [1.29, 1.82) is 5.41 Å². The Morgan fingerprint density at radius 2 is 2.43 bits per heavy atom. The summed E-state index contributed by atoms with van der Waals surface area (Å²) in [5.74, 6) is -0.414. The summed E-state index contributed by atoms with van der Waals surface area (Å²) < 4.78 is 0. The van der Waals surface area contributed by atoms with E-state index in [0.29, 0.717) is 5.15 Å². The summed E-state index contributed by atoms with van der Waals surface area (Å²) in [5, 5.41) is 22.9. The highest BCUT2D eigenvalue weighted by atomic mass is 35.5. The van der Waals surface area contributed by atoms with E-state index in [-0.39, 0.29) is 6.54 Å². The number of nitrogens with one attached hydrogen (secondary N) is 2. The van der Waals surface area contributed by atoms with Crippen LogP contribution in [0.3, 0.4) is 0 Å². The fourth-order valence-corrected chi connectivity index (χ4v) is 1.56. The number of rotatable bonds is 7. The molecule has 0 radical (unpaired) electrons. The first-order valence-corrected chi connectivity index (χ1v) is 6.80. The number of hydrazone groups is 1. The van der Waals surface area contributed by atoms with Crippen LogP contribution in [0.25, 0.3) is 0 Å². The van der Waals surface area contributed by atoms with E-state index >= 15 is 0 Å². The van der Waals surface area contributed by atoms with Gasteiger partial charge in [-0.1, -0.05) is 36.4 Å². The number of hydrogen-bond acceptors (Lipinski definition) is 5. The van der Waals surface area contributed by atoms with Gasteiger partial charge in [-0.2, -0.15) is 5.10 Å². The van der Waals surface area contributed by atoms with Crippen molar-refractivity contribution in [2.75, 3.05) is 0 Å². The van der Waals surface area contributed by atoms with Crippen molar-refractivity contribution in [2.45, 2.75) is 32.7 Å². The number of hydrogen-bond donors (Lipinski definition) is 2. The lowest BCUT2D eigenvalue weighted by Crippen LogP contribution is -2.40. The van der Waals surface area contributed by atoms with Crippen LogP contribution in [0.2, 0.25) is 5.15 Å². The molecule has 9 heteroatoms. The Morgan fingerprint density at radius 3 is 3.00 bits per heavy atom. The molecule has 0 aromatic carbocycles. The highest BCUT2D eigenvalue weighted by Crippen LogP contribution is 2.08. The van der Waals surface area contributed by atoms with E-state index in [0.717, 1.165) is 24.8 Å². The highest BCUT2D eigenvalue weighted by Gasteiger charge is 2.13. The zero-order valence-corrected chi connectivity index (χ0v) is 12.4. The maximum absolute atomic E-state index is 10.4. The third-order valence-corrected chi connectivity index (χ3v) is 2.71. The Bertz CT molecular complexity index is 505. The van der Waals surface area contributed by atoms with Gasteiger partial charge in [0.25, 0.3) is 5.96 Å². The molecule has 0 saturated heterocycles. The molecule has 1 rings (SSSR count). The minimum absolute atomic E-state index is 0.187. The van der Waals surface area contributed by atoms with Gasteiger partial charge in [0.2, 0.25) is 0 Å². The second kappa shape index (κ2) is 8.85. The molecule has 21 heavy (non-hydrogen) atoms. The molecule has 0 aliphatic carbocycles. The Labute approximate surface area is 127 Å². The van der Waals surface area contributed by atoms with Crippen molar-refractivity contribution in [2.24, 2.45) is 5.10 Å². The van der Waals surface area contributed by atoms with Crippen LogP contribution in [-0.4, -0.2) is 27.2 Å². The normalized spacial score (nSPS) is 10.6. The maximum atomic E-state index is 10.4. The zero-order chi connectivity index (χ0) is 15.7. The lowest BCUT2D eigenvalue weighted by Gasteiger charge is -2.17. The Balaban J connectivity index is 2.75. The van der Waals surface area contributed by atoms with Crippen molar-refractivity contribution in [3.8, 4) is 0 Å². The molecular weight excluding hydrogens is 296 g/mol. The molecule has 1 aromatic rings. The summed E-state index contributed by atoms with van der Waals surface area (Å²) in [7, 11) is 0. The first-order valence-electron chi connectivity index (χ1n) is 6.43. The molecule has 114 valence electrons. The molecule has 0 atom stereocenters. The predicted molar refractivity (Wildman–Crippen MR) is 80.7 cm³/mol. The topological polar surface area (TPSA) is 108 Å². The number of nitrogens with zero attached hydrogens (tertiary/aromatic N) is 4. The van der Waals surface area contributed by atoms with E-state index in [2.05, 4.69) is 17.0 Å². The van der Waals surface area contributed by atoms with Gasteiger partial charge in [-0.3, -0.25) is 5.41 Å². The van der Waals surface area contributed by atoms with E-state index in [9.17, 15) is 10.1 Å². The summed E-state index contributed by atoms with van der Waals surface area (Å²) in [6.45, 7) is 2.24. The Kier molecular flexibility index (Phi) is 7.10. The van der Waals surface area contributed by atoms with E-state index in [4.69, 9.17) is 17.0 Å². The summed E-state index contributed by atoms with van der Waals surface area (Å²) in [6, 6.07) is 3.34. The van der Waals surface area contributed by atoms with E-state index in [1.807, 2.05) is 0 Å². The first kappa shape index (κ1) is 16.8. The van der Waals surface area contributed by atoms with E-state index in [1.54, 1.807) is 23.8 Å². The molecule has 0 aliphatic rings. The average Bonchev–Trinajstić information content (AvgIpc) is 2.43. The molecule has 0 spiro atoms. The van der Waals surface area contributed by atoms with Crippen LogP contribution < -0.4 is 5.43 Å². The van der Waals surface area contributed by atoms with Crippen molar-refractivity contribution in [3.05, 3.63) is 39.2 Å². The summed E-state index contributed by atoms with van der Waals surface area (Å²) in [4.78, 5) is 14.4. The molecule has 8 nitrogen and oxygen atoms in total. The largest absolute Gasteiger partial charge is 0.274 e. The van der Waals surface area contributed by atoms with Gasteiger partial charge in [-0.25, -0.2) is 20.1 Å². The number of halogens is 1. The quantitative estimate of drug-likeness (QED) is 0.201. The molecule has 0 saturated carbocycles. The summed E-state index contributed by atoms with van der Waals surface area (Å²) in [6.07, 6.45) is 5.92. The van der Waals surface area contributed by atoms with Gasteiger partial charge in [0.15, 0.2) is 5.03 Å². The highest BCUT2D eigenvalue weighted by molar-refractivity contribution is 6.29. The second-order valence-corrected chi connectivity index (χ2v) is 4.59. The first-order chi connectivity index (χ1) is 10.0. The number of hydrazine groups is 1. The number of aromatic nitrogens is 1. The van der Waals surface area contributed by atoms with Gasteiger partial charge in [0, 0.05) is 12.4 Å². The van der Waals surface area contributed by atoms with Gasteiger partial charge >= 0.3 is 0 Å². The Morgan fingerprint density at radius 1 is 1.67 bits per heavy atom. The molecule has 0 fully saturated rings. The third kappa shape index (κ3) is 6.66. The van der Waals surface area contributed by atoms with E-state index < -0.39 is 11.0 Å². The number of nitro groups is 1. The number of guanidine groups is 1. The van der Waals surface area contributed by atoms with Crippen LogP contribution in [0, 0.1) is 15.5 Å². The van der Waals surface area contributed by atoms with Crippen molar-refractivity contribution >= 4 is 23.8 Å². The van der Waals surface area contributed by atoms with Crippen LogP contribution in [0.5, 0.6) is 0 Å². The smallest absolute Gasteiger partial charge is 0.263 e. The average molecular weight is 313 g/mol. The molecule has 0 aliphatic heterocycles. The van der Waals surface area contributed by atoms with E-state index in [1.165, 1.54) is 11.2 Å². The monoisotopic (exact) mass is 312 g/mol. The van der Waals surface area contributed by atoms with Crippen LogP contribution >= 0.6 is 11.6 Å².